The highest BCUT2D eigenvalue weighted by Gasteiger charge is 2.46. The number of carbonyl (C=O) groups excluding carboxylic acids is 2. The molecule has 2 atom stereocenters. The van der Waals surface area contributed by atoms with E-state index in [4.69, 9.17) is 9.47 Å². The lowest BCUT2D eigenvalue weighted by atomic mass is 9.94. The van der Waals surface area contributed by atoms with Crippen molar-refractivity contribution in [3.05, 3.63) is 87.2 Å². The molecule has 0 unspecified atom stereocenters. The fourth-order valence-electron chi connectivity index (χ4n) is 4.71. The molecule has 2 aliphatic rings. The second-order valence-electron chi connectivity index (χ2n) is 8.80. The Bertz CT molecular complexity index is 1400. The number of fused-ring (bicyclic) bond motifs is 1. The molecule has 5 rings (SSSR count). The van der Waals surface area contributed by atoms with Gasteiger partial charge in [-0.3, -0.25) is 14.6 Å². The van der Waals surface area contributed by atoms with Crippen molar-refractivity contribution < 1.29 is 29.3 Å². The van der Waals surface area contributed by atoms with E-state index in [1.165, 1.54) is 12.0 Å². The summed E-state index contributed by atoms with van der Waals surface area (Å²) >= 11 is 3.32. The number of ether oxygens (including phenoxy) is 2. The number of aliphatic hydroxyl groups is 1. The van der Waals surface area contributed by atoms with Gasteiger partial charge in [0.05, 0.1) is 23.2 Å². The van der Waals surface area contributed by atoms with E-state index in [1.807, 2.05) is 6.92 Å². The number of likely N-dealkylation sites (tertiary alicyclic amines) is 1. The van der Waals surface area contributed by atoms with Crippen LogP contribution in [0.5, 0.6) is 17.2 Å². The van der Waals surface area contributed by atoms with Crippen molar-refractivity contribution in [1.82, 2.24) is 9.88 Å². The van der Waals surface area contributed by atoms with Gasteiger partial charge in [0.2, 0.25) is 0 Å². The number of nitrogens with zero attached hydrogens (tertiary/aromatic N) is 2. The predicted molar refractivity (Wildman–Crippen MR) is 135 cm³/mol. The molecule has 9 heteroatoms. The van der Waals surface area contributed by atoms with Crippen molar-refractivity contribution in [3.63, 3.8) is 0 Å². The molecule has 2 aliphatic heterocycles. The molecular weight excluding hydrogens is 528 g/mol. The summed E-state index contributed by atoms with van der Waals surface area (Å²) in [5.41, 5.74) is 2.50. The number of phenols is 1. The number of hydrogen-bond acceptors (Lipinski definition) is 7. The Balaban J connectivity index is 1.68. The van der Waals surface area contributed by atoms with Gasteiger partial charge in [0, 0.05) is 30.9 Å². The summed E-state index contributed by atoms with van der Waals surface area (Å²) in [6.45, 7) is 2.05. The van der Waals surface area contributed by atoms with E-state index in [0.717, 1.165) is 16.9 Å². The number of carbonyl (C=O) groups is 2. The summed E-state index contributed by atoms with van der Waals surface area (Å²) in [5, 5.41) is 21.7. The minimum absolute atomic E-state index is 0.0178. The zero-order chi connectivity index (χ0) is 25.6. The number of Topliss-reactive ketones (excluding diaryl/α,β-unsaturated/α-hetero) is 1. The normalized spacial score (nSPS) is 20.4. The van der Waals surface area contributed by atoms with Crippen LogP contribution in [0.25, 0.3) is 5.76 Å². The Labute approximate surface area is 215 Å². The van der Waals surface area contributed by atoms with Crippen LogP contribution in [-0.2, 0) is 22.6 Å². The number of phenolic OH excluding ortho intramolecular Hbond substituents is 1. The van der Waals surface area contributed by atoms with Crippen LogP contribution < -0.4 is 9.47 Å². The minimum atomic E-state index is -0.931. The number of hydrogen-bond donors (Lipinski definition) is 2. The van der Waals surface area contributed by atoms with Gasteiger partial charge < -0.3 is 24.6 Å². The van der Waals surface area contributed by atoms with Gasteiger partial charge in [-0.05, 0) is 75.9 Å². The largest absolute Gasteiger partial charge is 0.507 e. The van der Waals surface area contributed by atoms with Gasteiger partial charge in [0.1, 0.15) is 17.6 Å². The molecular formula is C27H23BrN2O6. The summed E-state index contributed by atoms with van der Waals surface area (Å²) in [5.74, 6) is -1.04. The maximum absolute atomic E-state index is 13.4. The van der Waals surface area contributed by atoms with E-state index in [0.29, 0.717) is 22.0 Å². The number of methoxy groups -OCH3 is 1. The van der Waals surface area contributed by atoms with Crippen LogP contribution in [0.1, 0.15) is 35.2 Å². The van der Waals surface area contributed by atoms with Gasteiger partial charge in [0.15, 0.2) is 11.5 Å². The van der Waals surface area contributed by atoms with Crippen molar-refractivity contribution in [2.45, 2.75) is 32.0 Å². The quantitative estimate of drug-likeness (QED) is 0.273. The third kappa shape index (κ3) is 4.09. The number of rotatable bonds is 5. The molecule has 2 N–H and O–H groups in total. The number of amides is 1. The average molecular weight is 551 g/mol. The SMILES string of the molecule is COc1cc([C@@H]2/C(=C(\O)c3ccc4c(c3)C[C@H](C)O4)C(=O)C(=O)N2Cc2cccnc2)cc(Br)c1O. The Kier molecular flexibility index (Phi) is 6.17. The van der Waals surface area contributed by atoms with Crippen LogP contribution in [0.3, 0.4) is 0 Å². The number of ketones is 1. The van der Waals surface area contributed by atoms with Gasteiger partial charge >= 0.3 is 0 Å². The van der Waals surface area contributed by atoms with E-state index in [9.17, 15) is 19.8 Å². The fourth-order valence-corrected chi connectivity index (χ4v) is 5.17. The molecule has 0 radical (unpaired) electrons. The monoisotopic (exact) mass is 550 g/mol. The molecule has 1 aromatic heterocycles. The second-order valence-corrected chi connectivity index (χ2v) is 9.65. The first kappa shape index (κ1) is 23.9. The Morgan fingerprint density at radius 2 is 2.06 bits per heavy atom. The molecule has 0 spiro atoms. The van der Waals surface area contributed by atoms with Crippen molar-refractivity contribution in [3.8, 4) is 17.2 Å². The van der Waals surface area contributed by atoms with Gasteiger partial charge in [-0.1, -0.05) is 6.07 Å². The molecule has 1 fully saturated rings. The highest BCUT2D eigenvalue weighted by molar-refractivity contribution is 9.10. The summed E-state index contributed by atoms with van der Waals surface area (Å²) in [4.78, 5) is 32.1. The van der Waals surface area contributed by atoms with Gasteiger partial charge in [-0.2, -0.15) is 0 Å². The van der Waals surface area contributed by atoms with Crippen LogP contribution in [-0.4, -0.2) is 45.0 Å². The lowest BCUT2D eigenvalue weighted by Crippen LogP contribution is -2.29. The smallest absolute Gasteiger partial charge is 0.295 e. The van der Waals surface area contributed by atoms with Crippen LogP contribution in [0.15, 0.2) is 64.9 Å². The number of aromatic hydroxyl groups is 1. The van der Waals surface area contributed by atoms with Gasteiger partial charge in [-0.25, -0.2) is 0 Å². The highest BCUT2D eigenvalue weighted by atomic mass is 79.9. The van der Waals surface area contributed by atoms with Crippen molar-refractivity contribution in [1.29, 1.82) is 0 Å². The number of aromatic nitrogens is 1. The first-order chi connectivity index (χ1) is 17.3. The predicted octanol–water partition coefficient (Wildman–Crippen LogP) is 4.50. The molecule has 36 heavy (non-hydrogen) atoms. The molecule has 0 bridgehead atoms. The first-order valence-electron chi connectivity index (χ1n) is 11.3. The average Bonchev–Trinajstić information content (AvgIpc) is 3.37. The number of benzene rings is 2. The lowest BCUT2D eigenvalue weighted by Gasteiger charge is -2.26. The lowest BCUT2D eigenvalue weighted by molar-refractivity contribution is -0.140. The maximum atomic E-state index is 13.4. The summed E-state index contributed by atoms with van der Waals surface area (Å²) in [6, 6.07) is 11.0. The molecule has 3 aromatic rings. The molecule has 0 saturated carbocycles. The molecule has 1 amide bonds. The van der Waals surface area contributed by atoms with E-state index in [2.05, 4.69) is 20.9 Å². The van der Waals surface area contributed by atoms with Crippen LogP contribution in [0.4, 0.5) is 0 Å². The molecule has 3 heterocycles. The molecule has 8 nitrogen and oxygen atoms in total. The van der Waals surface area contributed by atoms with Crippen molar-refractivity contribution >= 4 is 33.4 Å². The fraction of sp³-hybridized carbons (Fsp3) is 0.222. The molecule has 2 aromatic carbocycles. The standard InChI is InChI=1S/C27H23BrN2O6/c1-14-8-17-9-16(5-6-20(17)36-14)24(31)22-23(18-10-19(28)25(32)21(11-18)35-2)30(27(34)26(22)33)13-15-4-3-7-29-12-15/h3-7,9-12,14,23,31-32H,8,13H2,1-2H3/b24-22+/t14-,23+/m0/s1. The zero-order valence-electron chi connectivity index (χ0n) is 19.6. The van der Waals surface area contributed by atoms with Crippen molar-refractivity contribution in [2.75, 3.05) is 7.11 Å². The van der Waals surface area contributed by atoms with Gasteiger partial charge in [0.25, 0.3) is 11.7 Å². The van der Waals surface area contributed by atoms with E-state index in [-0.39, 0.29) is 35.5 Å². The minimum Gasteiger partial charge on any atom is -0.507 e. The van der Waals surface area contributed by atoms with E-state index >= 15 is 0 Å². The third-order valence-electron chi connectivity index (χ3n) is 6.37. The molecule has 184 valence electrons. The molecule has 0 aliphatic carbocycles. The maximum Gasteiger partial charge on any atom is 0.295 e. The third-order valence-corrected chi connectivity index (χ3v) is 6.98. The van der Waals surface area contributed by atoms with Crippen molar-refractivity contribution in [2.24, 2.45) is 0 Å². The zero-order valence-corrected chi connectivity index (χ0v) is 21.2. The Morgan fingerprint density at radius 3 is 2.78 bits per heavy atom. The topological polar surface area (TPSA) is 109 Å². The molecule has 1 saturated heterocycles. The summed E-state index contributed by atoms with van der Waals surface area (Å²) < 4.78 is 11.4. The van der Waals surface area contributed by atoms with Crippen LogP contribution >= 0.6 is 15.9 Å². The van der Waals surface area contributed by atoms with E-state index in [1.54, 1.807) is 54.9 Å². The highest BCUT2D eigenvalue weighted by Crippen LogP contribution is 2.45. The number of halogens is 1. The Hall–Kier alpha value is -3.85. The second kappa shape index (κ2) is 9.31. The Morgan fingerprint density at radius 1 is 1.25 bits per heavy atom. The first-order valence-corrected chi connectivity index (χ1v) is 12.1. The van der Waals surface area contributed by atoms with Gasteiger partial charge in [-0.15, -0.1) is 0 Å². The van der Waals surface area contributed by atoms with Crippen LogP contribution in [0, 0.1) is 0 Å². The summed E-state index contributed by atoms with van der Waals surface area (Å²) in [7, 11) is 1.41. The number of aliphatic hydroxyl groups excluding tert-OH is 1. The number of pyridine rings is 1. The van der Waals surface area contributed by atoms with E-state index < -0.39 is 17.7 Å². The van der Waals surface area contributed by atoms with Crippen LogP contribution in [0.2, 0.25) is 0 Å². The summed E-state index contributed by atoms with van der Waals surface area (Å²) in [6.07, 6.45) is 3.93.